The predicted molar refractivity (Wildman–Crippen MR) is 76.6 cm³/mol. The lowest BCUT2D eigenvalue weighted by Gasteiger charge is -2.47. The number of benzene rings is 1. The molecule has 0 saturated heterocycles. The highest BCUT2D eigenvalue weighted by atomic mass is 16.2. The van der Waals surface area contributed by atoms with Gasteiger partial charge in [0.05, 0.1) is 0 Å². The summed E-state index contributed by atoms with van der Waals surface area (Å²) in [5, 5.41) is 3.00. The summed E-state index contributed by atoms with van der Waals surface area (Å²) in [6, 6.07) is 8.90. The highest BCUT2D eigenvalue weighted by Crippen LogP contribution is 2.35. The van der Waals surface area contributed by atoms with Crippen LogP contribution in [0.5, 0.6) is 0 Å². The number of carbonyl (C=O) groups excluding carboxylic acids is 1. The summed E-state index contributed by atoms with van der Waals surface area (Å²) in [6.07, 6.45) is 3.51. The van der Waals surface area contributed by atoms with E-state index < -0.39 is 6.04 Å². The SMILES string of the molecule is CN(C)C1(CNC(=O)[C@@H](N)c2ccccc2)CCC1. The van der Waals surface area contributed by atoms with Gasteiger partial charge in [-0.3, -0.25) is 4.79 Å². The van der Waals surface area contributed by atoms with Gasteiger partial charge in [-0.1, -0.05) is 30.3 Å². The van der Waals surface area contributed by atoms with Crippen molar-refractivity contribution in [2.75, 3.05) is 20.6 Å². The molecule has 1 saturated carbocycles. The van der Waals surface area contributed by atoms with E-state index in [1.54, 1.807) is 0 Å². The number of amides is 1. The van der Waals surface area contributed by atoms with Gasteiger partial charge in [-0.25, -0.2) is 0 Å². The monoisotopic (exact) mass is 261 g/mol. The largest absolute Gasteiger partial charge is 0.353 e. The first-order valence-electron chi connectivity index (χ1n) is 6.81. The van der Waals surface area contributed by atoms with Crippen molar-refractivity contribution >= 4 is 5.91 Å². The molecule has 0 spiro atoms. The van der Waals surface area contributed by atoms with Crippen LogP contribution in [-0.4, -0.2) is 37.0 Å². The molecule has 1 atom stereocenters. The highest BCUT2D eigenvalue weighted by Gasteiger charge is 2.39. The zero-order chi connectivity index (χ0) is 13.9. The molecule has 0 unspecified atom stereocenters. The summed E-state index contributed by atoms with van der Waals surface area (Å²) in [5.41, 5.74) is 6.96. The first kappa shape index (κ1) is 14.0. The molecule has 1 aromatic rings. The molecule has 0 radical (unpaired) electrons. The van der Waals surface area contributed by atoms with Crippen molar-refractivity contribution in [3.05, 3.63) is 35.9 Å². The van der Waals surface area contributed by atoms with Crippen molar-refractivity contribution in [1.29, 1.82) is 0 Å². The Balaban J connectivity index is 1.91. The van der Waals surface area contributed by atoms with Crippen LogP contribution in [0.15, 0.2) is 30.3 Å². The second-order valence-corrected chi connectivity index (χ2v) is 5.58. The number of likely N-dealkylation sites (N-methyl/N-ethyl adjacent to an activating group) is 1. The van der Waals surface area contributed by atoms with Gasteiger partial charge in [0.15, 0.2) is 0 Å². The third-order valence-electron chi connectivity index (χ3n) is 4.27. The lowest BCUT2D eigenvalue weighted by atomic mass is 9.75. The molecular weight excluding hydrogens is 238 g/mol. The number of nitrogens with two attached hydrogens (primary N) is 1. The Morgan fingerprint density at radius 2 is 2.00 bits per heavy atom. The summed E-state index contributed by atoms with van der Waals surface area (Å²) >= 11 is 0. The van der Waals surface area contributed by atoms with Crippen LogP contribution in [0, 0.1) is 0 Å². The normalized spacial score (nSPS) is 18.7. The number of hydrogen-bond acceptors (Lipinski definition) is 3. The van der Waals surface area contributed by atoms with Gasteiger partial charge in [-0.15, -0.1) is 0 Å². The third-order valence-corrected chi connectivity index (χ3v) is 4.27. The van der Waals surface area contributed by atoms with E-state index in [2.05, 4.69) is 24.3 Å². The Labute approximate surface area is 115 Å². The van der Waals surface area contributed by atoms with E-state index in [4.69, 9.17) is 5.73 Å². The van der Waals surface area contributed by atoms with Crippen LogP contribution in [0.1, 0.15) is 30.9 Å². The first-order valence-corrected chi connectivity index (χ1v) is 6.81. The number of rotatable bonds is 5. The number of carbonyl (C=O) groups is 1. The summed E-state index contributed by atoms with van der Waals surface area (Å²) in [6.45, 7) is 0.680. The standard InChI is InChI=1S/C15H23N3O/c1-18(2)15(9-6-10-15)11-17-14(19)13(16)12-7-4-3-5-8-12/h3-5,7-8,13H,6,9-11,16H2,1-2H3,(H,17,19)/t13-/m0/s1. The second kappa shape index (κ2) is 5.72. The molecule has 4 heteroatoms. The molecule has 0 aromatic heterocycles. The van der Waals surface area contributed by atoms with E-state index in [0.717, 1.165) is 18.4 Å². The summed E-state index contributed by atoms with van der Waals surface area (Å²) < 4.78 is 0. The van der Waals surface area contributed by atoms with Gasteiger partial charge in [0.25, 0.3) is 0 Å². The molecule has 1 aliphatic rings. The number of nitrogens with zero attached hydrogens (tertiary/aromatic N) is 1. The maximum atomic E-state index is 12.1. The van der Waals surface area contributed by atoms with Gasteiger partial charge in [-0.05, 0) is 38.9 Å². The van der Waals surface area contributed by atoms with Gasteiger partial charge in [0.2, 0.25) is 5.91 Å². The van der Waals surface area contributed by atoms with E-state index in [9.17, 15) is 4.79 Å². The van der Waals surface area contributed by atoms with Crippen LogP contribution in [0.3, 0.4) is 0 Å². The van der Waals surface area contributed by atoms with Crippen molar-refractivity contribution in [3.8, 4) is 0 Å². The summed E-state index contributed by atoms with van der Waals surface area (Å²) in [7, 11) is 4.14. The van der Waals surface area contributed by atoms with Crippen LogP contribution in [-0.2, 0) is 4.79 Å². The van der Waals surface area contributed by atoms with Crippen LogP contribution in [0.4, 0.5) is 0 Å². The molecule has 1 amide bonds. The fraction of sp³-hybridized carbons (Fsp3) is 0.533. The first-order chi connectivity index (χ1) is 9.05. The summed E-state index contributed by atoms with van der Waals surface area (Å²) in [5.74, 6) is -0.0978. The van der Waals surface area contributed by atoms with Crippen molar-refractivity contribution < 1.29 is 4.79 Å². The van der Waals surface area contributed by atoms with Gasteiger partial charge >= 0.3 is 0 Å². The molecule has 2 rings (SSSR count). The Morgan fingerprint density at radius 1 is 1.37 bits per heavy atom. The lowest BCUT2D eigenvalue weighted by molar-refractivity contribution is -0.123. The molecule has 1 aliphatic carbocycles. The Morgan fingerprint density at radius 3 is 2.47 bits per heavy atom. The van der Waals surface area contributed by atoms with Gasteiger partial charge in [0.1, 0.15) is 6.04 Å². The fourth-order valence-corrected chi connectivity index (χ4v) is 2.54. The Bertz CT molecular complexity index is 426. The fourth-order valence-electron chi connectivity index (χ4n) is 2.54. The smallest absolute Gasteiger partial charge is 0.241 e. The van der Waals surface area contributed by atoms with Crippen LogP contribution in [0.25, 0.3) is 0 Å². The zero-order valence-electron chi connectivity index (χ0n) is 11.7. The second-order valence-electron chi connectivity index (χ2n) is 5.58. The highest BCUT2D eigenvalue weighted by molar-refractivity contribution is 5.83. The Kier molecular flexibility index (Phi) is 4.22. The molecule has 0 aliphatic heterocycles. The van der Waals surface area contributed by atoms with E-state index in [1.807, 2.05) is 30.3 Å². The molecule has 1 fully saturated rings. The molecular formula is C15H23N3O. The van der Waals surface area contributed by atoms with E-state index in [1.165, 1.54) is 6.42 Å². The topological polar surface area (TPSA) is 58.4 Å². The van der Waals surface area contributed by atoms with Crippen LogP contribution < -0.4 is 11.1 Å². The number of hydrogen-bond donors (Lipinski definition) is 2. The molecule has 3 N–H and O–H groups in total. The Hall–Kier alpha value is -1.39. The molecule has 104 valence electrons. The van der Waals surface area contributed by atoms with E-state index in [-0.39, 0.29) is 11.4 Å². The van der Waals surface area contributed by atoms with Crippen molar-refractivity contribution in [1.82, 2.24) is 10.2 Å². The minimum atomic E-state index is -0.583. The van der Waals surface area contributed by atoms with E-state index in [0.29, 0.717) is 6.54 Å². The third kappa shape index (κ3) is 2.96. The molecule has 0 heterocycles. The van der Waals surface area contributed by atoms with Crippen LogP contribution >= 0.6 is 0 Å². The maximum Gasteiger partial charge on any atom is 0.241 e. The van der Waals surface area contributed by atoms with E-state index >= 15 is 0 Å². The molecule has 0 bridgehead atoms. The average molecular weight is 261 g/mol. The minimum absolute atomic E-state index is 0.0978. The van der Waals surface area contributed by atoms with Crippen LogP contribution in [0.2, 0.25) is 0 Å². The van der Waals surface area contributed by atoms with Crippen molar-refractivity contribution in [2.45, 2.75) is 30.8 Å². The number of nitrogens with one attached hydrogen (secondary N) is 1. The average Bonchev–Trinajstić information content (AvgIpc) is 2.37. The molecule has 4 nitrogen and oxygen atoms in total. The van der Waals surface area contributed by atoms with Crippen molar-refractivity contribution in [2.24, 2.45) is 5.73 Å². The predicted octanol–water partition coefficient (Wildman–Crippen LogP) is 1.29. The van der Waals surface area contributed by atoms with Crippen molar-refractivity contribution in [3.63, 3.8) is 0 Å². The molecule has 1 aromatic carbocycles. The summed E-state index contributed by atoms with van der Waals surface area (Å²) in [4.78, 5) is 14.3. The minimum Gasteiger partial charge on any atom is -0.353 e. The van der Waals surface area contributed by atoms with Gasteiger partial charge in [-0.2, -0.15) is 0 Å². The lowest BCUT2D eigenvalue weighted by Crippen LogP contribution is -2.57. The zero-order valence-corrected chi connectivity index (χ0v) is 11.7. The van der Waals surface area contributed by atoms with Gasteiger partial charge < -0.3 is 16.0 Å². The van der Waals surface area contributed by atoms with Gasteiger partial charge in [0, 0.05) is 12.1 Å². The maximum absolute atomic E-state index is 12.1. The quantitative estimate of drug-likeness (QED) is 0.839. The molecule has 19 heavy (non-hydrogen) atoms.